The number of rotatable bonds is 2. The summed E-state index contributed by atoms with van der Waals surface area (Å²) in [4.78, 5) is 12.0. The number of thiocarbonyl (C=S) groups is 1. The van der Waals surface area contributed by atoms with Gasteiger partial charge in [-0.25, -0.2) is 0 Å². The second-order valence-corrected chi connectivity index (χ2v) is 6.22. The Bertz CT molecular complexity index is 496. The van der Waals surface area contributed by atoms with Crippen molar-refractivity contribution in [1.29, 1.82) is 0 Å². The van der Waals surface area contributed by atoms with Gasteiger partial charge < -0.3 is 10.6 Å². The lowest BCUT2D eigenvalue weighted by atomic mass is 9.89. The van der Waals surface area contributed by atoms with Gasteiger partial charge in [0.15, 0.2) is 5.11 Å². The predicted molar refractivity (Wildman–Crippen MR) is 87.4 cm³/mol. The number of halogens is 2. The van der Waals surface area contributed by atoms with Crippen LogP contribution in [0.1, 0.15) is 32.1 Å². The van der Waals surface area contributed by atoms with Crippen LogP contribution in [0.2, 0.25) is 10.0 Å². The summed E-state index contributed by atoms with van der Waals surface area (Å²) in [7, 11) is 0. The first kappa shape index (κ1) is 15.5. The van der Waals surface area contributed by atoms with Gasteiger partial charge in [-0.05, 0) is 43.3 Å². The SMILES string of the molecule is O=C(NC(=S)Nc1cc(Cl)cc(Cl)c1)C1CCCCC1. The molecule has 1 aliphatic rings. The molecule has 2 rings (SSSR count). The Morgan fingerprint density at radius 2 is 1.70 bits per heavy atom. The van der Waals surface area contributed by atoms with Gasteiger partial charge in [-0.1, -0.05) is 42.5 Å². The Labute approximate surface area is 134 Å². The fourth-order valence-electron chi connectivity index (χ4n) is 2.37. The smallest absolute Gasteiger partial charge is 0.229 e. The molecule has 1 amide bonds. The molecule has 0 heterocycles. The van der Waals surface area contributed by atoms with Crippen LogP contribution in [0, 0.1) is 5.92 Å². The lowest BCUT2D eigenvalue weighted by molar-refractivity contribution is -0.124. The number of amides is 1. The first-order valence-corrected chi connectivity index (χ1v) is 7.79. The average molecular weight is 331 g/mol. The van der Waals surface area contributed by atoms with Gasteiger partial charge in [-0.2, -0.15) is 0 Å². The van der Waals surface area contributed by atoms with E-state index in [1.165, 1.54) is 6.42 Å². The summed E-state index contributed by atoms with van der Waals surface area (Å²) in [6, 6.07) is 5.04. The minimum absolute atomic E-state index is 0.00433. The maximum absolute atomic E-state index is 12.0. The molecule has 1 fully saturated rings. The highest BCUT2D eigenvalue weighted by atomic mass is 35.5. The normalized spacial score (nSPS) is 15.7. The summed E-state index contributed by atoms with van der Waals surface area (Å²) in [6.07, 6.45) is 5.33. The molecule has 0 radical (unpaired) electrons. The van der Waals surface area contributed by atoms with Crippen LogP contribution in [-0.2, 0) is 4.79 Å². The van der Waals surface area contributed by atoms with E-state index in [0.29, 0.717) is 15.7 Å². The fraction of sp³-hybridized carbons (Fsp3) is 0.429. The lowest BCUT2D eigenvalue weighted by Gasteiger charge is -2.21. The minimum Gasteiger partial charge on any atom is -0.332 e. The number of benzene rings is 1. The zero-order chi connectivity index (χ0) is 14.5. The van der Waals surface area contributed by atoms with Crippen molar-refractivity contribution >= 4 is 52.1 Å². The van der Waals surface area contributed by atoms with Crippen LogP contribution in [0.3, 0.4) is 0 Å². The number of carbonyl (C=O) groups excluding carboxylic acids is 1. The standard InChI is InChI=1S/C14H16Cl2N2OS/c15-10-6-11(16)8-12(7-10)17-14(20)18-13(19)9-4-2-1-3-5-9/h6-9H,1-5H2,(H2,17,18,19,20). The molecule has 2 N–H and O–H groups in total. The minimum atomic E-state index is -0.00433. The van der Waals surface area contributed by atoms with E-state index in [0.717, 1.165) is 25.7 Å². The Kier molecular flexibility index (Phi) is 5.64. The molecule has 1 saturated carbocycles. The van der Waals surface area contributed by atoms with Crippen LogP contribution in [0.25, 0.3) is 0 Å². The molecule has 1 aromatic carbocycles. The topological polar surface area (TPSA) is 41.1 Å². The molecule has 108 valence electrons. The Morgan fingerprint density at radius 3 is 2.30 bits per heavy atom. The highest BCUT2D eigenvalue weighted by Gasteiger charge is 2.21. The molecular weight excluding hydrogens is 315 g/mol. The van der Waals surface area contributed by atoms with E-state index in [2.05, 4.69) is 10.6 Å². The maximum atomic E-state index is 12.0. The Balaban J connectivity index is 1.89. The quantitative estimate of drug-likeness (QED) is 0.790. The van der Waals surface area contributed by atoms with E-state index in [1.807, 2.05) is 0 Å². The Hall–Kier alpha value is -0.840. The molecule has 0 aromatic heterocycles. The zero-order valence-corrected chi connectivity index (χ0v) is 13.2. The van der Waals surface area contributed by atoms with Crippen LogP contribution >= 0.6 is 35.4 Å². The highest BCUT2D eigenvalue weighted by Crippen LogP contribution is 2.24. The van der Waals surface area contributed by atoms with Crippen molar-refractivity contribution in [1.82, 2.24) is 5.32 Å². The molecule has 0 aliphatic heterocycles. The van der Waals surface area contributed by atoms with Crippen molar-refractivity contribution < 1.29 is 4.79 Å². The third kappa shape index (κ3) is 4.62. The van der Waals surface area contributed by atoms with Gasteiger partial charge in [0.2, 0.25) is 5.91 Å². The summed E-state index contributed by atoms with van der Waals surface area (Å²) in [5.74, 6) is 0.0711. The molecule has 0 spiro atoms. The van der Waals surface area contributed by atoms with Gasteiger partial charge in [-0.15, -0.1) is 0 Å². The number of nitrogens with one attached hydrogen (secondary N) is 2. The van der Waals surface area contributed by atoms with E-state index >= 15 is 0 Å². The molecule has 0 bridgehead atoms. The van der Waals surface area contributed by atoms with Crippen molar-refractivity contribution in [3.05, 3.63) is 28.2 Å². The predicted octanol–water partition coefficient (Wildman–Crippen LogP) is 4.39. The third-order valence-electron chi connectivity index (χ3n) is 3.33. The van der Waals surface area contributed by atoms with Gasteiger partial charge in [0.05, 0.1) is 0 Å². The van der Waals surface area contributed by atoms with Crippen molar-refractivity contribution in [2.45, 2.75) is 32.1 Å². The molecule has 0 unspecified atom stereocenters. The fourth-order valence-corrected chi connectivity index (χ4v) is 3.11. The van der Waals surface area contributed by atoms with Crippen LogP contribution in [0.15, 0.2) is 18.2 Å². The van der Waals surface area contributed by atoms with Gasteiger partial charge in [0, 0.05) is 21.7 Å². The molecule has 0 saturated heterocycles. The largest absolute Gasteiger partial charge is 0.332 e. The van der Waals surface area contributed by atoms with Crippen LogP contribution in [0.5, 0.6) is 0 Å². The highest BCUT2D eigenvalue weighted by molar-refractivity contribution is 7.80. The third-order valence-corrected chi connectivity index (χ3v) is 3.97. The summed E-state index contributed by atoms with van der Waals surface area (Å²) in [5.41, 5.74) is 0.663. The molecule has 20 heavy (non-hydrogen) atoms. The summed E-state index contributed by atoms with van der Waals surface area (Å²) in [5, 5.41) is 6.96. The van der Waals surface area contributed by atoms with Crippen LogP contribution < -0.4 is 10.6 Å². The van der Waals surface area contributed by atoms with Crippen molar-refractivity contribution in [3.63, 3.8) is 0 Å². The van der Waals surface area contributed by atoms with Crippen LogP contribution in [0.4, 0.5) is 5.69 Å². The van der Waals surface area contributed by atoms with Gasteiger partial charge in [0.25, 0.3) is 0 Å². The summed E-state index contributed by atoms with van der Waals surface area (Å²) >= 11 is 17.0. The molecule has 1 aliphatic carbocycles. The number of carbonyl (C=O) groups is 1. The molecule has 1 aromatic rings. The monoisotopic (exact) mass is 330 g/mol. The van der Waals surface area contributed by atoms with Gasteiger partial charge in [0.1, 0.15) is 0 Å². The first-order chi connectivity index (χ1) is 9.54. The number of hydrogen-bond acceptors (Lipinski definition) is 2. The van der Waals surface area contributed by atoms with Crippen molar-refractivity contribution in [3.8, 4) is 0 Å². The zero-order valence-electron chi connectivity index (χ0n) is 10.9. The van der Waals surface area contributed by atoms with Crippen molar-refractivity contribution in [2.24, 2.45) is 5.92 Å². The number of anilines is 1. The van der Waals surface area contributed by atoms with Gasteiger partial charge >= 0.3 is 0 Å². The molecule has 6 heteroatoms. The second-order valence-electron chi connectivity index (χ2n) is 4.94. The molecular formula is C14H16Cl2N2OS. The Morgan fingerprint density at radius 1 is 1.10 bits per heavy atom. The molecule has 0 atom stereocenters. The second kappa shape index (κ2) is 7.25. The van der Waals surface area contributed by atoms with E-state index in [-0.39, 0.29) is 16.9 Å². The van der Waals surface area contributed by atoms with E-state index in [9.17, 15) is 4.79 Å². The lowest BCUT2D eigenvalue weighted by Crippen LogP contribution is -2.38. The summed E-state index contributed by atoms with van der Waals surface area (Å²) < 4.78 is 0. The summed E-state index contributed by atoms with van der Waals surface area (Å²) in [6.45, 7) is 0. The van der Waals surface area contributed by atoms with Crippen molar-refractivity contribution in [2.75, 3.05) is 5.32 Å². The molecule has 3 nitrogen and oxygen atoms in total. The maximum Gasteiger partial charge on any atom is 0.229 e. The van der Waals surface area contributed by atoms with E-state index < -0.39 is 0 Å². The van der Waals surface area contributed by atoms with Gasteiger partial charge in [-0.3, -0.25) is 4.79 Å². The van der Waals surface area contributed by atoms with E-state index in [1.54, 1.807) is 18.2 Å². The first-order valence-electron chi connectivity index (χ1n) is 6.62. The van der Waals surface area contributed by atoms with E-state index in [4.69, 9.17) is 35.4 Å². The van der Waals surface area contributed by atoms with Crippen LogP contribution in [-0.4, -0.2) is 11.0 Å². The number of hydrogen-bond donors (Lipinski definition) is 2. The average Bonchev–Trinajstić information content (AvgIpc) is 2.38.